The Balaban J connectivity index is 1.54. The van der Waals surface area contributed by atoms with Crippen molar-refractivity contribution in [3.8, 4) is 17.2 Å². The first kappa shape index (κ1) is 31.6. The second-order valence-electron chi connectivity index (χ2n) is 9.67. The standard InChI is InChI=1S/C32H33Cl2N5O4S/c1-5-41-25-14-9-8-13-24(25)36-30(40)28-19(4)35-31-37-32(44-7-3)38-39(31)29(28)20-15-16-26(27(17-20)42-6-2)43-18-21-22(33)11-10-12-23(21)34/h8-17,29H,5-7,18H2,1-4H3,(H,36,40)(H,35,37,38). The van der Waals surface area contributed by atoms with Crippen LogP contribution < -0.4 is 24.8 Å². The zero-order chi connectivity index (χ0) is 31.2. The molecule has 4 aromatic rings. The molecule has 0 bridgehead atoms. The Morgan fingerprint density at radius 2 is 1.68 bits per heavy atom. The number of ether oxygens (including phenoxy) is 3. The van der Waals surface area contributed by atoms with Crippen molar-refractivity contribution >= 4 is 52.5 Å². The number of nitrogens with zero attached hydrogens (tertiary/aromatic N) is 3. The van der Waals surface area contributed by atoms with E-state index in [1.54, 1.807) is 22.9 Å². The molecule has 12 heteroatoms. The number of carbonyl (C=O) groups excluding carboxylic acids is 1. The van der Waals surface area contributed by atoms with E-state index in [0.717, 1.165) is 11.3 Å². The van der Waals surface area contributed by atoms with Gasteiger partial charge in [0.15, 0.2) is 11.5 Å². The number of amides is 1. The van der Waals surface area contributed by atoms with E-state index in [9.17, 15) is 4.79 Å². The molecule has 0 spiro atoms. The van der Waals surface area contributed by atoms with E-state index in [0.29, 0.717) is 74.1 Å². The number of para-hydroxylation sites is 2. The number of fused-ring (bicyclic) bond motifs is 1. The van der Waals surface area contributed by atoms with Crippen LogP contribution >= 0.6 is 35.0 Å². The third-order valence-corrected chi connectivity index (χ3v) is 8.23. The van der Waals surface area contributed by atoms with Crippen molar-refractivity contribution in [2.75, 3.05) is 29.6 Å². The molecule has 230 valence electrons. The maximum Gasteiger partial charge on any atom is 0.255 e. The van der Waals surface area contributed by atoms with Crippen LogP contribution in [0, 0.1) is 0 Å². The highest BCUT2D eigenvalue weighted by atomic mass is 35.5. The van der Waals surface area contributed by atoms with Crippen LogP contribution in [0.15, 0.2) is 77.1 Å². The number of hydrogen-bond donors (Lipinski definition) is 2. The van der Waals surface area contributed by atoms with Crippen molar-refractivity contribution in [1.82, 2.24) is 14.8 Å². The monoisotopic (exact) mass is 653 g/mol. The SMILES string of the molecule is CCOc1ccccc1NC(=O)C1=C(C)Nc2nc(SCC)nn2C1c1ccc(OCc2c(Cl)cccc2Cl)c(OCC)c1. The third kappa shape index (κ3) is 6.77. The van der Waals surface area contributed by atoms with Gasteiger partial charge in [-0.3, -0.25) is 4.79 Å². The molecule has 1 aliphatic rings. The number of hydrogen-bond acceptors (Lipinski definition) is 8. The number of rotatable bonds is 12. The summed E-state index contributed by atoms with van der Waals surface area (Å²) in [5.41, 5.74) is 3.14. The number of allylic oxidation sites excluding steroid dienone is 1. The van der Waals surface area contributed by atoms with Gasteiger partial charge in [0.1, 0.15) is 18.4 Å². The predicted octanol–water partition coefficient (Wildman–Crippen LogP) is 8.00. The summed E-state index contributed by atoms with van der Waals surface area (Å²) in [6.07, 6.45) is 0. The molecule has 1 amide bonds. The average Bonchev–Trinajstić information content (AvgIpc) is 3.40. The van der Waals surface area contributed by atoms with Crippen molar-refractivity contribution in [3.05, 3.63) is 93.1 Å². The van der Waals surface area contributed by atoms with Gasteiger partial charge in [0.25, 0.3) is 5.91 Å². The van der Waals surface area contributed by atoms with Gasteiger partial charge in [-0.15, -0.1) is 5.10 Å². The molecule has 3 aromatic carbocycles. The van der Waals surface area contributed by atoms with Gasteiger partial charge >= 0.3 is 0 Å². The minimum atomic E-state index is -0.615. The first-order valence-electron chi connectivity index (χ1n) is 14.3. The van der Waals surface area contributed by atoms with Crippen LogP contribution in [0.1, 0.15) is 44.9 Å². The van der Waals surface area contributed by atoms with Crippen molar-refractivity contribution in [2.24, 2.45) is 0 Å². The van der Waals surface area contributed by atoms with E-state index in [1.165, 1.54) is 11.8 Å². The summed E-state index contributed by atoms with van der Waals surface area (Å²) in [7, 11) is 0. The van der Waals surface area contributed by atoms with Gasteiger partial charge in [-0.1, -0.05) is 66.2 Å². The van der Waals surface area contributed by atoms with Crippen LogP contribution in [-0.2, 0) is 11.4 Å². The van der Waals surface area contributed by atoms with Gasteiger partial charge in [0.05, 0.1) is 24.5 Å². The Kier molecular flexibility index (Phi) is 10.2. The van der Waals surface area contributed by atoms with Gasteiger partial charge in [-0.2, -0.15) is 4.98 Å². The van der Waals surface area contributed by atoms with Crippen LogP contribution in [0.4, 0.5) is 11.6 Å². The highest BCUT2D eigenvalue weighted by Gasteiger charge is 2.35. The summed E-state index contributed by atoms with van der Waals surface area (Å²) >= 11 is 14.3. The van der Waals surface area contributed by atoms with Crippen molar-refractivity contribution < 1.29 is 19.0 Å². The van der Waals surface area contributed by atoms with Crippen LogP contribution in [0.2, 0.25) is 10.0 Å². The van der Waals surface area contributed by atoms with Crippen LogP contribution in [0.3, 0.4) is 0 Å². The Morgan fingerprint density at radius 1 is 0.955 bits per heavy atom. The lowest BCUT2D eigenvalue weighted by atomic mass is 9.94. The molecule has 1 atom stereocenters. The largest absolute Gasteiger partial charge is 0.492 e. The van der Waals surface area contributed by atoms with Gasteiger partial charge in [-0.05, 0) is 68.5 Å². The predicted molar refractivity (Wildman–Crippen MR) is 176 cm³/mol. The van der Waals surface area contributed by atoms with Gasteiger partial charge < -0.3 is 24.8 Å². The molecule has 0 fully saturated rings. The second-order valence-corrected chi connectivity index (χ2v) is 11.7. The lowest BCUT2D eigenvalue weighted by Gasteiger charge is -2.29. The lowest BCUT2D eigenvalue weighted by Crippen LogP contribution is -2.31. The Hall–Kier alpha value is -3.86. The van der Waals surface area contributed by atoms with Crippen molar-refractivity contribution in [3.63, 3.8) is 0 Å². The molecule has 1 aromatic heterocycles. The molecule has 1 aliphatic heterocycles. The number of carbonyl (C=O) groups is 1. The highest BCUT2D eigenvalue weighted by Crippen LogP contribution is 2.41. The van der Waals surface area contributed by atoms with E-state index in [1.807, 2.05) is 70.2 Å². The van der Waals surface area contributed by atoms with E-state index >= 15 is 0 Å². The Labute approximate surface area is 270 Å². The van der Waals surface area contributed by atoms with E-state index < -0.39 is 6.04 Å². The second kappa shape index (κ2) is 14.3. The fourth-order valence-electron chi connectivity index (χ4n) is 4.87. The molecular formula is C32H33Cl2N5O4S. The number of thioether (sulfide) groups is 1. The van der Waals surface area contributed by atoms with Crippen molar-refractivity contribution in [2.45, 2.75) is 45.5 Å². The minimum Gasteiger partial charge on any atom is -0.492 e. The Morgan fingerprint density at radius 3 is 2.41 bits per heavy atom. The number of nitrogens with one attached hydrogen (secondary N) is 2. The quantitative estimate of drug-likeness (QED) is 0.148. The first-order valence-corrected chi connectivity index (χ1v) is 16.0. The zero-order valence-electron chi connectivity index (χ0n) is 24.8. The van der Waals surface area contributed by atoms with Crippen LogP contribution in [-0.4, -0.2) is 39.6 Å². The number of halogens is 2. The number of anilines is 2. The summed E-state index contributed by atoms with van der Waals surface area (Å²) in [5.74, 6) is 2.65. The third-order valence-electron chi connectivity index (χ3n) is 6.80. The molecule has 0 aliphatic carbocycles. The summed E-state index contributed by atoms with van der Waals surface area (Å²) < 4.78 is 19.7. The lowest BCUT2D eigenvalue weighted by molar-refractivity contribution is -0.113. The smallest absolute Gasteiger partial charge is 0.255 e. The van der Waals surface area contributed by atoms with Gasteiger partial charge in [0.2, 0.25) is 11.1 Å². The fourth-order valence-corrected chi connectivity index (χ4v) is 5.93. The summed E-state index contributed by atoms with van der Waals surface area (Å²) in [6.45, 7) is 8.72. The van der Waals surface area contributed by atoms with Crippen LogP contribution in [0.5, 0.6) is 17.2 Å². The maximum atomic E-state index is 14.0. The molecule has 1 unspecified atom stereocenters. The van der Waals surface area contributed by atoms with Crippen LogP contribution in [0.25, 0.3) is 0 Å². The topological polar surface area (TPSA) is 99.5 Å². The minimum absolute atomic E-state index is 0.155. The van der Waals surface area contributed by atoms with Gasteiger partial charge in [0, 0.05) is 21.3 Å². The maximum absolute atomic E-state index is 14.0. The summed E-state index contributed by atoms with van der Waals surface area (Å²) in [5, 5.41) is 12.7. The molecule has 2 N–H and O–H groups in total. The molecule has 2 heterocycles. The average molecular weight is 655 g/mol. The zero-order valence-corrected chi connectivity index (χ0v) is 27.1. The van der Waals surface area contributed by atoms with E-state index in [4.69, 9.17) is 42.5 Å². The molecule has 44 heavy (non-hydrogen) atoms. The summed E-state index contributed by atoms with van der Waals surface area (Å²) in [6, 6.07) is 17.6. The summed E-state index contributed by atoms with van der Waals surface area (Å²) in [4.78, 5) is 18.7. The number of benzene rings is 3. The molecule has 0 saturated heterocycles. The normalized spacial score (nSPS) is 14.1. The van der Waals surface area contributed by atoms with Crippen molar-refractivity contribution in [1.29, 1.82) is 0 Å². The first-order chi connectivity index (χ1) is 21.3. The molecular weight excluding hydrogens is 621 g/mol. The van der Waals surface area contributed by atoms with E-state index in [-0.39, 0.29) is 12.5 Å². The molecule has 0 saturated carbocycles. The number of aromatic nitrogens is 3. The van der Waals surface area contributed by atoms with Gasteiger partial charge in [-0.25, -0.2) is 4.68 Å². The van der Waals surface area contributed by atoms with E-state index in [2.05, 4.69) is 15.6 Å². The molecule has 0 radical (unpaired) electrons. The Bertz CT molecular complexity index is 1670. The molecule has 9 nitrogen and oxygen atoms in total. The molecule has 5 rings (SSSR count). The fraction of sp³-hybridized carbons (Fsp3) is 0.281. The highest BCUT2D eigenvalue weighted by molar-refractivity contribution is 7.99.